The van der Waals surface area contributed by atoms with Crippen LogP contribution in [0.2, 0.25) is 5.02 Å². The van der Waals surface area contributed by atoms with Crippen molar-refractivity contribution in [1.29, 1.82) is 0 Å². The maximum absolute atomic E-state index is 12.5. The molecule has 2 N–H and O–H groups in total. The number of nitrogens with zero attached hydrogens (tertiary/aromatic N) is 1. The molecular formula is C20H20ClN3O3S. The van der Waals surface area contributed by atoms with E-state index in [1.807, 2.05) is 24.3 Å². The second-order valence-corrected chi connectivity index (χ2v) is 7.83. The van der Waals surface area contributed by atoms with Gasteiger partial charge in [0, 0.05) is 35.1 Å². The van der Waals surface area contributed by atoms with Crippen LogP contribution < -0.4 is 15.8 Å². The standard InChI is InChI=1S/C20H20ClN3O3S/c21-15-7-5-14(6-8-15)13-19(26)23-22-18(25)9-10-20(27)24-11-12-28-17-4-2-1-3-16(17)24/h1-8H,9-13H2,(H,22,25)(H,23,26). The van der Waals surface area contributed by atoms with Gasteiger partial charge < -0.3 is 4.90 Å². The predicted octanol–water partition coefficient (Wildman–Crippen LogP) is 2.95. The Hall–Kier alpha value is -2.51. The van der Waals surface area contributed by atoms with Gasteiger partial charge in [0.2, 0.25) is 17.7 Å². The first-order valence-electron chi connectivity index (χ1n) is 8.87. The molecule has 0 spiro atoms. The fraction of sp³-hybridized carbons (Fsp3) is 0.250. The molecule has 2 aromatic carbocycles. The molecule has 0 fully saturated rings. The molecule has 1 aliphatic heterocycles. The van der Waals surface area contributed by atoms with Crippen molar-refractivity contribution >= 4 is 46.8 Å². The van der Waals surface area contributed by atoms with Crippen LogP contribution in [0.5, 0.6) is 0 Å². The second kappa shape index (κ2) is 9.61. The molecule has 1 heterocycles. The topological polar surface area (TPSA) is 78.5 Å². The lowest BCUT2D eigenvalue weighted by Crippen LogP contribution is -2.43. The van der Waals surface area contributed by atoms with E-state index in [-0.39, 0.29) is 31.1 Å². The lowest BCUT2D eigenvalue weighted by atomic mass is 10.1. The molecule has 0 radical (unpaired) electrons. The smallest absolute Gasteiger partial charge is 0.242 e. The third-order valence-corrected chi connectivity index (χ3v) is 5.51. The van der Waals surface area contributed by atoms with E-state index in [2.05, 4.69) is 10.9 Å². The van der Waals surface area contributed by atoms with E-state index in [0.717, 1.165) is 21.9 Å². The van der Waals surface area contributed by atoms with Crippen molar-refractivity contribution in [2.24, 2.45) is 0 Å². The van der Waals surface area contributed by atoms with E-state index >= 15 is 0 Å². The second-order valence-electron chi connectivity index (χ2n) is 6.26. The van der Waals surface area contributed by atoms with Gasteiger partial charge in [-0.25, -0.2) is 0 Å². The summed E-state index contributed by atoms with van der Waals surface area (Å²) in [5, 5.41) is 0.594. The van der Waals surface area contributed by atoms with E-state index in [4.69, 9.17) is 11.6 Å². The number of carbonyl (C=O) groups is 3. The number of rotatable bonds is 5. The Kier molecular flexibility index (Phi) is 6.95. The van der Waals surface area contributed by atoms with Crippen LogP contribution in [0.3, 0.4) is 0 Å². The number of anilines is 1. The minimum atomic E-state index is -0.405. The fourth-order valence-electron chi connectivity index (χ4n) is 2.82. The first-order valence-corrected chi connectivity index (χ1v) is 10.2. The predicted molar refractivity (Wildman–Crippen MR) is 110 cm³/mol. The van der Waals surface area contributed by atoms with E-state index < -0.39 is 5.91 Å². The Morgan fingerprint density at radius 2 is 1.68 bits per heavy atom. The molecule has 0 aliphatic carbocycles. The normalized spacial score (nSPS) is 12.8. The molecule has 2 aromatic rings. The monoisotopic (exact) mass is 417 g/mol. The number of fused-ring (bicyclic) bond motifs is 1. The number of benzene rings is 2. The summed E-state index contributed by atoms with van der Waals surface area (Å²) in [5.41, 5.74) is 6.39. The summed E-state index contributed by atoms with van der Waals surface area (Å²) < 4.78 is 0. The number of para-hydroxylation sites is 1. The fourth-order valence-corrected chi connectivity index (χ4v) is 3.94. The van der Waals surface area contributed by atoms with Crippen LogP contribution in [-0.4, -0.2) is 30.0 Å². The summed E-state index contributed by atoms with van der Waals surface area (Å²) >= 11 is 7.52. The van der Waals surface area contributed by atoms with Crippen molar-refractivity contribution in [1.82, 2.24) is 10.9 Å². The highest BCUT2D eigenvalue weighted by molar-refractivity contribution is 7.99. The molecular weight excluding hydrogens is 398 g/mol. The Labute approximate surface area is 172 Å². The number of nitrogens with one attached hydrogen (secondary N) is 2. The number of amides is 3. The van der Waals surface area contributed by atoms with E-state index in [0.29, 0.717) is 11.6 Å². The molecule has 0 unspecified atom stereocenters. The molecule has 8 heteroatoms. The highest BCUT2D eigenvalue weighted by Gasteiger charge is 2.22. The van der Waals surface area contributed by atoms with Gasteiger partial charge in [-0.3, -0.25) is 25.2 Å². The summed E-state index contributed by atoms with van der Waals surface area (Å²) in [6, 6.07) is 14.6. The van der Waals surface area contributed by atoms with Crippen LogP contribution in [0.1, 0.15) is 18.4 Å². The van der Waals surface area contributed by atoms with Crippen LogP contribution in [0, 0.1) is 0 Å². The van der Waals surface area contributed by atoms with E-state index in [9.17, 15) is 14.4 Å². The minimum absolute atomic E-state index is 0.00582. The Morgan fingerprint density at radius 3 is 2.46 bits per heavy atom. The van der Waals surface area contributed by atoms with Crippen molar-refractivity contribution in [3.05, 3.63) is 59.1 Å². The summed E-state index contributed by atoms with van der Waals surface area (Å²) in [7, 11) is 0. The first-order chi connectivity index (χ1) is 13.5. The molecule has 3 rings (SSSR count). The Balaban J connectivity index is 1.42. The number of thioether (sulfide) groups is 1. The van der Waals surface area contributed by atoms with Crippen molar-refractivity contribution in [3.8, 4) is 0 Å². The molecule has 146 valence electrons. The molecule has 3 amide bonds. The number of hydrazine groups is 1. The maximum atomic E-state index is 12.5. The number of hydrogen-bond acceptors (Lipinski definition) is 4. The molecule has 0 aromatic heterocycles. The minimum Gasteiger partial charge on any atom is -0.310 e. The van der Waals surface area contributed by atoms with Crippen molar-refractivity contribution in [3.63, 3.8) is 0 Å². The SMILES string of the molecule is O=C(CCC(=O)N1CCSc2ccccc21)NNC(=O)Cc1ccc(Cl)cc1. The average Bonchev–Trinajstić information content (AvgIpc) is 2.71. The van der Waals surface area contributed by atoms with Gasteiger partial charge in [-0.2, -0.15) is 0 Å². The molecule has 1 aliphatic rings. The average molecular weight is 418 g/mol. The third-order valence-electron chi connectivity index (χ3n) is 4.21. The molecule has 0 bridgehead atoms. The summed E-state index contributed by atoms with van der Waals surface area (Å²) in [6.07, 6.45) is 0.211. The maximum Gasteiger partial charge on any atom is 0.242 e. The van der Waals surface area contributed by atoms with Crippen LogP contribution in [0.15, 0.2) is 53.4 Å². The largest absolute Gasteiger partial charge is 0.310 e. The highest BCUT2D eigenvalue weighted by atomic mass is 35.5. The van der Waals surface area contributed by atoms with Crippen molar-refractivity contribution < 1.29 is 14.4 Å². The number of hydrogen-bond donors (Lipinski definition) is 2. The Bertz CT molecular complexity index is 873. The van der Waals surface area contributed by atoms with Gasteiger partial charge in [0.1, 0.15) is 0 Å². The van der Waals surface area contributed by atoms with Gasteiger partial charge in [-0.15, -0.1) is 11.8 Å². The van der Waals surface area contributed by atoms with Gasteiger partial charge >= 0.3 is 0 Å². The lowest BCUT2D eigenvalue weighted by molar-refractivity contribution is -0.129. The third kappa shape index (κ3) is 5.50. The van der Waals surface area contributed by atoms with Gasteiger partial charge in [0.25, 0.3) is 0 Å². The zero-order valence-corrected chi connectivity index (χ0v) is 16.7. The van der Waals surface area contributed by atoms with E-state index in [1.165, 1.54) is 0 Å². The first kappa shape index (κ1) is 20.2. The molecule has 6 nitrogen and oxygen atoms in total. The summed E-state index contributed by atoms with van der Waals surface area (Å²) in [4.78, 5) is 39.1. The highest BCUT2D eigenvalue weighted by Crippen LogP contribution is 2.34. The van der Waals surface area contributed by atoms with Gasteiger partial charge in [0.15, 0.2) is 0 Å². The van der Waals surface area contributed by atoms with Gasteiger partial charge in [-0.1, -0.05) is 35.9 Å². The number of carbonyl (C=O) groups excluding carboxylic acids is 3. The molecule has 0 atom stereocenters. The zero-order valence-electron chi connectivity index (χ0n) is 15.1. The molecule has 0 saturated carbocycles. The van der Waals surface area contributed by atoms with Gasteiger partial charge in [-0.05, 0) is 29.8 Å². The van der Waals surface area contributed by atoms with Gasteiger partial charge in [0.05, 0.1) is 12.1 Å². The molecule has 28 heavy (non-hydrogen) atoms. The van der Waals surface area contributed by atoms with E-state index in [1.54, 1.807) is 40.9 Å². The van der Waals surface area contributed by atoms with Crippen molar-refractivity contribution in [2.75, 3.05) is 17.2 Å². The number of halogens is 1. The van der Waals surface area contributed by atoms with Crippen LogP contribution in [0.4, 0.5) is 5.69 Å². The quantitative estimate of drug-likeness (QED) is 0.733. The molecule has 0 saturated heterocycles. The summed E-state index contributed by atoms with van der Waals surface area (Å²) in [5.74, 6) is -0.0211. The van der Waals surface area contributed by atoms with Crippen LogP contribution >= 0.6 is 23.4 Å². The Morgan fingerprint density at radius 1 is 0.964 bits per heavy atom. The zero-order chi connectivity index (χ0) is 19.9. The lowest BCUT2D eigenvalue weighted by Gasteiger charge is -2.29. The van der Waals surface area contributed by atoms with Crippen molar-refractivity contribution in [2.45, 2.75) is 24.2 Å². The van der Waals surface area contributed by atoms with Crippen LogP contribution in [0.25, 0.3) is 0 Å². The summed E-state index contributed by atoms with van der Waals surface area (Å²) in [6.45, 7) is 0.625. The van der Waals surface area contributed by atoms with Crippen LogP contribution in [-0.2, 0) is 20.8 Å².